The van der Waals surface area contributed by atoms with Gasteiger partial charge >= 0.3 is 0 Å². The molecule has 0 unspecified atom stereocenters. The number of hydrogen-bond donors (Lipinski definition) is 1. The van der Waals surface area contributed by atoms with Crippen LogP contribution in [0, 0.1) is 0 Å². The number of rotatable bonds is 5. The second-order valence-electron chi connectivity index (χ2n) is 3.82. The first-order valence-electron chi connectivity index (χ1n) is 5.69. The molecule has 90 valence electrons. The Labute approximate surface area is 105 Å². The maximum absolute atomic E-state index is 5.95. The molecule has 3 nitrogen and oxygen atoms in total. The highest BCUT2D eigenvalue weighted by molar-refractivity contribution is 7.09. The third kappa shape index (κ3) is 3.20. The lowest BCUT2D eigenvalue weighted by Gasteiger charge is -2.09. The SMILES string of the molecule is CCCOc1ccc(Cc2nccs2)cc1N. The van der Waals surface area contributed by atoms with Gasteiger partial charge in [-0.25, -0.2) is 4.98 Å². The number of benzene rings is 1. The molecule has 0 amide bonds. The van der Waals surface area contributed by atoms with Crippen molar-refractivity contribution in [3.63, 3.8) is 0 Å². The lowest BCUT2D eigenvalue weighted by Crippen LogP contribution is -2.00. The summed E-state index contributed by atoms with van der Waals surface area (Å²) in [5, 5.41) is 3.09. The Morgan fingerprint density at radius 3 is 2.94 bits per heavy atom. The van der Waals surface area contributed by atoms with Crippen molar-refractivity contribution in [2.75, 3.05) is 12.3 Å². The molecule has 1 aromatic carbocycles. The van der Waals surface area contributed by atoms with Gasteiger partial charge in [-0.2, -0.15) is 0 Å². The minimum absolute atomic E-state index is 0.701. The van der Waals surface area contributed by atoms with Crippen molar-refractivity contribution in [2.45, 2.75) is 19.8 Å². The molecule has 0 fully saturated rings. The summed E-state index contributed by atoms with van der Waals surface area (Å²) in [7, 11) is 0. The van der Waals surface area contributed by atoms with E-state index >= 15 is 0 Å². The van der Waals surface area contributed by atoms with Gasteiger partial charge in [-0.1, -0.05) is 13.0 Å². The minimum Gasteiger partial charge on any atom is -0.491 e. The largest absolute Gasteiger partial charge is 0.491 e. The smallest absolute Gasteiger partial charge is 0.142 e. The van der Waals surface area contributed by atoms with Crippen molar-refractivity contribution in [3.8, 4) is 5.75 Å². The third-order valence-electron chi connectivity index (χ3n) is 2.37. The standard InChI is InChI=1S/C13H16N2OS/c1-2-6-16-12-4-3-10(8-11(12)14)9-13-15-5-7-17-13/h3-5,7-8H,2,6,9,14H2,1H3. The Balaban J connectivity index is 2.08. The first kappa shape index (κ1) is 11.9. The van der Waals surface area contributed by atoms with Crippen molar-refractivity contribution in [3.05, 3.63) is 40.3 Å². The van der Waals surface area contributed by atoms with Gasteiger partial charge in [0.25, 0.3) is 0 Å². The van der Waals surface area contributed by atoms with E-state index in [9.17, 15) is 0 Å². The Morgan fingerprint density at radius 1 is 1.41 bits per heavy atom. The molecule has 0 aliphatic rings. The zero-order valence-corrected chi connectivity index (χ0v) is 10.7. The van der Waals surface area contributed by atoms with E-state index in [2.05, 4.69) is 11.9 Å². The molecule has 1 aromatic heterocycles. The molecule has 0 bridgehead atoms. The van der Waals surface area contributed by atoms with Crippen molar-refractivity contribution < 1.29 is 4.74 Å². The number of nitrogens with zero attached hydrogens (tertiary/aromatic N) is 1. The van der Waals surface area contributed by atoms with E-state index < -0.39 is 0 Å². The average molecular weight is 248 g/mol. The fourth-order valence-corrected chi connectivity index (χ4v) is 2.22. The lowest BCUT2D eigenvalue weighted by molar-refractivity contribution is 0.319. The normalized spacial score (nSPS) is 10.4. The van der Waals surface area contributed by atoms with Gasteiger partial charge in [0.05, 0.1) is 17.3 Å². The number of nitrogens with two attached hydrogens (primary N) is 1. The second-order valence-corrected chi connectivity index (χ2v) is 4.80. The number of hydrogen-bond acceptors (Lipinski definition) is 4. The van der Waals surface area contributed by atoms with Crippen molar-refractivity contribution in [1.82, 2.24) is 4.98 Å². The number of thiazole rings is 1. The molecule has 0 aliphatic carbocycles. The average Bonchev–Trinajstić information content (AvgIpc) is 2.81. The zero-order chi connectivity index (χ0) is 12.1. The molecule has 2 N–H and O–H groups in total. The molecular formula is C13H16N2OS. The van der Waals surface area contributed by atoms with E-state index in [1.54, 1.807) is 11.3 Å². The predicted octanol–water partition coefficient (Wildman–Crippen LogP) is 3.10. The van der Waals surface area contributed by atoms with Gasteiger partial charge in [-0.15, -0.1) is 11.3 Å². The van der Waals surface area contributed by atoms with Crippen LogP contribution in [0.1, 0.15) is 23.9 Å². The van der Waals surface area contributed by atoms with Crippen LogP contribution in [0.2, 0.25) is 0 Å². The van der Waals surface area contributed by atoms with Gasteiger partial charge in [0.15, 0.2) is 0 Å². The molecule has 0 spiro atoms. The van der Waals surface area contributed by atoms with Crippen molar-refractivity contribution >= 4 is 17.0 Å². The molecule has 2 aromatic rings. The van der Waals surface area contributed by atoms with Crippen LogP contribution in [0.5, 0.6) is 5.75 Å². The van der Waals surface area contributed by atoms with E-state index in [0.717, 1.165) is 23.6 Å². The summed E-state index contributed by atoms with van der Waals surface area (Å²) in [6, 6.07) is 5.95. The van der Waals surface area contributed by atoms with E-state index in [0.29, 0.717) is 12.3 Å². The summed E-state index contributed by atoms with van der Waals surface area (Å²) in [5.74, 6) is 0.773. The number of anilines is 1. The minimum atomic E-state index is 0.701. The summed E-state index contributed by atoms with van der Waals surface area (Å²) in [6.07, 6.45) is 3.64. The van der Waals surface area contributed by atoms with Crippen molar-refractivity contribution in [2.24, 2.45) is 0 Å². The quantitative estimate of drug-likeness (QED) is 0.827. The van der Waals surface area contributed by atoms with Gasteiger partial charge in [-0.3, -0.25) is 0 Å². The lowest BCUT2D eigenvalue weighted by atomic mass is 10.1. The fourth-order valence-electron chi connectivity index (χ4n) is 1.57. The number of nitrogen functional groups attached to an aromatic ring is 1. The topological polar surface area (TPSA) is 48.1 Å². The number of aromatic nitrogens is 1. The molecule has 0 radical (unpaired) electrons. The van der Waals surface area contributed by atoms with Crippen LogP contribution < -0.4 is 10.5 Å². The van der Waals surface area contributed by atoms with E-state index in [-0.39, 0.29) is 0 Å². The summed E-state index contributed by atoms with van der Waals surface area (Å²) < 4.78 is 5.54. The molecular weight excluding hydrogens is 232 g/mol. The molecule has 17 heavy (non-hydrogen) atoms. The van der Waals surface area contributed by atoms with E-state index in [1.807, 2.05) is 29.8 Å². The second kappa shape index (κ2) is 5.68. The maximum atomic E-state index is 5.95. The van der Waals surface area contributed by atoms with E-state index in [1.165, 1.54) is 5.56 Å². The van der Waals surface area contributed by atoms with E-state index in [4.69, 9.17) is 10.5 Å². The maximum Gasteiger partial charge on any atom is 0.142 e. The molecule has 0 saturated heterocycles. The monoisotopic (exact) mass is 248 g/mol. The summed E-state index contributed by atoms with van der Waals surface area (Å²) >= 11 is 1.66. The third-order valence-corrected chi connectivity index (χ3v) is 3.15. The van der Waals surface area contributed by atoms with Crippen LogP contribution in [0.4, 0.5) is 5.69 Å². The van der Waals surface area contributed by atoms with Gasteiger partial charge in [0, 0.05) is 18.0 Å². The van der Waals surface area contributed by atoms with Gasteiger partial charge in [-0.05, 0) is 24.1 Å². The first-order valence-corrected chi connectivity index (χ1v) is 6.57. The molecule has 1 heterocycles. The Morgan fingerprint density at radius 2 is 2.29 bits per heavy atom. The van der Waals surface area contributed by atoms with Gasteiger partial charge in [0.2, 0.25) is 0 Å². The summed E-state index contributed by atoms with van der Waals surface area (Å²) in [6.45, 7) is 2.78. The van der Waals surface area contributed by atoms with Gasteiger partial charge < -0.3 is 10.5 Å². The Kier molecular flexibility index (Phi) is 3.98. The molecule has 0 saturated carbocycles. The van der Waals surface area contributed by atoms with Crippen LogP contribution in [0.25, 0.3) is 0 Å². The Bertz CT molecular complexity index is 468. The van der Waals surface area contributed by atoms with Crippen LogP contribution in [-0.4, -0.2) is 11.6 Å². The number of ether oxygens (including phenoxy) is 1. The highest BCUT2D eigenvalue weighted by atomic mass is 32.1. The first-order chi connectivity index (χ1) is 8.29. The van der Waals surface area contributed by atoms with Crippen LogP contribution in [0.3, 0.4) is 0 Å². The molecule has 4 heteroatoms. The predicted molar refractivity (Wildman–Crippen MR) is 71.6 cm³/mol. The van der Waals surface area contributed by atoms with Crippen LogP contribution in [-0.2, 0) is 6.42 Å². The van der Waals surface area contributed by atoms with Crippen LogP contribution in [0.15, 0.2) is 29.8 Å². The fraction of sp³-hybridized carbons (Fsp3) is 0.308. The van der Waals surface area contributed by atoms with Crippen LogP contribution >= 0.6 is 11.3 Å². The van der Waals surface area contributed by atoms with Crippen molar-refractivity contribution in [1.29, 1.82) is 0 Å². The highest BCUT2D eigenvalue weighted by Gasteiger charge is 2.04. The molecule has 2 rings (SSSR count). The summed E-state index contributed by atoms with van der Waals surface area (Å²) in [5.41, 5.74) is 7.82. The molecule has 0 aliphatic heterocycles. The zero-order valence-electron chi connectivity index (χ0n) is 9.85. The Hall–Kier alpha value is -1.55. The highest BCUT2D eigenvalue weighted by Crippen LogP contribution is 2.24. The molecule has 0 atom stereocenters. The van der Waals surface area contributed by atoms with Gasteiger partial charge in [0.1, 0.15) is 5.75 Å². The summed E-state index contributed by atoms with van der Waals surface area (Å²) in [4.78, 5) is 4.26.